The van der Waals surface area contributed by atoms with E-state index in [2.05, 4.69) is 35.1 Å². The Bertz CT molecular complexity index is 261. The highest BCUT2D eigenvalue weighted by Gasteiger charge is 1.99. The molecule has 0 atom stereocenters. The van der Waals surface area contributed by atoms with Crippen molar-refractivity contribution in [3.05, 3.63) is 30.1 Å². The summed E-state index contributed by atoms with van der Waals surface area (Å²) in [4.78, 5) is 6.74. The standard InChI is InChI=1S/C13H23N3/c1-3-10-16(4-2)11-9-14-12-13-7-5-6-8-15-13/h5-8,14H,3-4,9-12H2,1-2H3. The average molecular weight is 221 g/mol. The molecule has 0 spiro atoms. The molecular formula is C13H23N3. The Morgan fingerprint density at radius 2 is 2.12 bits per heavy atom. The summed E-state index contributed by atoms with van der Waals surface area (Å²) < 4.78 is 0. The average Bonchev–Trinajstić information content (AvgIpc) is 2.34. The first-order chi connectivity index (χ1) is 7.86. The lowest BCUT2D eigenvalue weighted by Crippen LogP contribution is -2.32. The van der Waals surface area contributed by atoms with E-state index in [-0.39, 0.29) is 0 Å². The molecule has 0 amide bonds. The predicted molar refractivity (Wildman–Crippen MR) is 68.3 cm³/mol. The quantitative estimate of drug-likeness (QED) is 0.680. The van der Waals surface area contributed by atoms with Gasteiger partial charge in [-0.1, -0.05) is 19.9 Å². The summed E-state index contributed by atoms with van der Waals surface area (Å²) in [5, 5.41) is 3.42. The molecule has 0 aromatic carbocycles. The second-order valence-electron chi connectivity index (χ2n) is 3.93. The Morgan fingerprint density at radius 3 is 2.75 bits per heavy atom. The Hall–Kier alpha value is -0.930. The highest BCUT2D eigenvalue weighted by molar-refractivity contribution is 5.02. The van der Waals surface area contributed by atoms with Crippen LogP contribution >= 0.6 is 0 Å². The predicted octanol–water partition coefficient (Wildman–Crippen LogP) is 1.90. The van der Waals surface area contributed by atoms with Gasteiger partial charge in [0.2, 0.25) is 0 Å². The van der Waals surface area contributed by atoms with E-state index >= 15 is 0 Å². The molecule has 0 radical (unpaired) electrons. The lowest BCUT2D eigenvalue weighted by molar-refractivity contribution is 0.287. The van der Waals surface area contributed by atoms with E-state index in [0.717, 1.165) is 31.9 Å². The minimum atomic E-state index is 0.866. The zero-order valence-electron chi connectivity index (χ0n) is 10.4. The second kappa shape index (κ2) is 8.25. The summed E-state index contributed by atoms with van der Waals surface area (Å²) in [5.41, 5.74) is 1.11. The molecular weight excluding hydrogens is 198 g/mol. The minimum absolute atomic E-state index is 0.866. The fourth-order valence-corrected chi connectivity index (χ4v) is 1.70. The molecule has 16 heavy (non-hydrogen) atoms. The summed E-state index contributed by atoms with van der Waals surface area (Å²) in [6.45, 7) is 9.80. The Kier molecular flexibility index (Phi) is 6.77. The van der Waals surface area contributed by atoms with Gasteiger partial charge in [-0.25, -0.2) is 0 Å². The third-order valence-corrected chi connectivity index (χ3v) is 2.62. The fourth-order valence-electron chi connectivity index (χ4n) is 1.70. The van der Waals surface area contributed by atoms with E-state index in [9.17, 15) is 0 Å². The number of nitrogens with zero attached hydrogens (tertiary/aromatic N) is 2. The van der Waals surface area contributed by atoms with Crippen LogP contribution in [-0.4, -0.2) is 36.1 Å². The van der Waals surface area contributed by atoms with Crippen molar-refractivity contribution in [2.24, 2.45) is 0 Å². The summed E-state index contributed by atoms with van der Waals surface area (Å²) in [6, 6.07) is 6.03. The van der Waals surface area contributed by atoms with Crippen LogP contribution in [0.1, 0.15) is 26.0 Å². The molecule has 0 aliphatic rings. The minimum Gasteiger partial charge on any atom is -0.310 e. The summed E-state index contributed by atoms with van der Waals surface area (Å²) in [7, 11) is 0. The van der Waals surface area contributed by atoms with Gasteiger partial charge in [0.05, 0.1) is 5.69 Å². The van der Waals surface area contributed by atoms with Crippen molar-refractivity contribution in [3.8, 4) is 0 Å². The van der Waals surface area contributed by atoms with Gasteiger partial charge in [0.15, 0.2) is 0 Å². The number of hydrogen-bond donors (Lipinski definition) is 1. The van der Waals surface area contributed by atoms with Crippen LogP contribution in [0.25, 0.3) is 0 Å². The molecule has 3 nitrogen and oxygen atoms in total. The molecule has 0 unspecified atom stereocenters. The highest BCUT2D eigenvalue weighted by atomic mass is 15.1. The van der Waals surface area contributed by atoms with Crippen molar-refractivity contribution < 1.29 is 0 Å². The molecule has 1 aromatic rings. The molecule has 1 N–H and O–H groups in total. The molecule has 0 saturated heterocycles. The monoisotopic (exact) mass is 221 g/mol. The van der Waals surface area contributed by atoms with Gasteiger partial charge >= 0.3 is 0 Å². The molecule has 0 aliphatic carbocycles. The van der Waals surface area contributed by atoms with Crippen LogP contribution in [0.3, 0.4) is 0 Å². The van der Waals surface area contributed by atoms with Crippen LogP contribution in [-0.2, 0) is 6.54 Å². The molecule has 0 fully saturated rings. The fraction of sp³-hybridized carbons (Fsp3) is 0.615. The van der Waals surface area contributed by atoms with Crippen molar-refractivity contribution in [1.82, 2.24) is 15.2 Å². The Labute approximate surface area is 98.9 Å². The lowest BCUT2D eigenvalue weighted by Gasteiger charge is -2.19. The molecule has 1 aromatic heterocycles. The number of likely N-dealkylation sites (N-methyl/N-ethyl adjacent to an activating group) is 1. The van der Waals surface area contributed by atoms with Gasteiger partial charge in [-0.3, -0.25) is 4.98 Å². The third-order valence-electron chi connectivity index (χ3n) is 2.62. The van der Waals surface area contributed by atoms with Crippen LogP contribution in [0.4, 0.5) is 0 Å². The van der Waals surface area contributed by atoms with Gasteiger partial charge in [-0.2, -0.15) is 0 Å². The third kappa shape index (κ3) is 5.24. The molecule has 0 saturated carbocycles. The van der Waals surface area contributed by atoms with Gasteiger partial charge in [0, 0.05) is 25.8 Å². The van der Waals surface area contributed by atoms with Crippen molar-refractivity contribution in [1.29, 1.82) is 0 Å². The zero-order chi connectivity index (χ0) is 11.6. The summed E-state index contributed by atoms with van der Waals surface area (Å²) in [6.07, 6.45) is 3.07. The van der Waals surface area contributed by atoms with Crippen molar-refractivity contribution in [3.63, 3.8) is 0 Å². The smallest absolute Gasteiger partial charge is 0.0541 e. The van der Waals surface area contributed by atoms with Crippen LogP contribution < -0.4 is 5.32 Å². The zero-order valence-corrected chi connectivity index (χ0v) is 10.4. The van der Waals surface area contributed by atoms with Crippen LogP contribution in [0, 0.1) is 0 Å². The van der Waals surface area contributed by atoms with E-state index in [0.29, 0.717) is 0 Å². The van der Waals surface area contributed by atoms with Crippen molar-refractivity contribution >= 4 is 0 Å². The largest absolute Gasteiger partial charge is 0.310 e. The maximum absolute atomic E-state index is 4.28. The number of aromatic nitrogens is 1. The SMILES string of the molecule is CCCN(CC)CCNCc1ccccn1. The first-order valence-corrected chi connectivity index (χ1v) is 6.19. The number of pyridine rings is 1. The molecule has 3 heteroatoms. The molecule has 0 aliphatic heterocycles. The van der Waals surface area contributed by atoms with E-state index in [1.807, 2.05) is 18.3 Å². The van der Waals surface area contributed by atoms with E-state index < -0.39 is 0 Å². The molecule has 1 heterocycles. The second-order valence-corrected chi connectivity index (χ2v) is 3.93. The van der Waals surface area contributed by atoms with Gasteiger partial charge in [0.1, 0.15) is 0 Å². The lowest BCUT2D eigenvalue weighted by atomic mass is 10.3. The normalized spacial score (nSPS) is 10.9. The van der Waals surface area contributed by atoms with E-state index in [1.165, 1.54) is 13.0 Å². The van der Waals surface area contributed by atoms with E-state index in [4.69, 9.17) is 0 Å². The van der Waals surface area contributed by atoms with Gasteiger partial charge < -0.3 is 10.2 Å². The first-order valence-electron chi connectivity index (χ1n) is 6.19. The Balaban J connectivity index is 2.11. The van der Waals surface area contributed by atoms with Gasteiger partial charge in [0.25, 0.3) is 0 Å². The summed E-state index contributed by atoms with van der Waals surface area (Å²) >= 11 is 0. The topological polar surface area (TPSA) is 28.2 Å². The van der Waals surface area contributed by atoms with Crippen molar-refractivity contribution in [2.45, 2.75) is 26.8 Å². The number of hydrogen-bond acceptors (Lipinski definition) is 3. The van der Waals surface area contributed by atoms with Crippen molar-refractivity contribution in [2.75, 3.05) is 26.2 Å². The number of rotatable bonds is 8. The summed E-state index contributed by atoms with van der Waals surface area (Å²) in [5.74, 6) is 0. The Morgan fingerprint density at radius 1 is 1.25 bits per heavy atom. The maximum Gasteiger partial charge on any atom is 0.0541 e. The van der Waals surface area contributed by atoms with Crippen LogP contribution in [0.5, 0.6) is 0 Å². The van der Waals surface area contributed by atoms with E-state index in [1.54, 1.807) is 0 Å². The van der Waals surface area contributed by atoms with Crippen LogP contribution in [0.2, 0.25) is 0 Å². The molecule has 0 bridgehead atoms. The maximum atomic E-state index is 4.28. The molecule has 1 rings (SSSR count). The first kappa shape index (κ1) is 13.1. The van der Waals surface area contributed by atoms with Gasteiger partial charge in [-0.15, -0.1) is 0 Å². The highest BCUT2D eigenvalue weighted by Crippen LogP contribution is 1.92. The number of nitrogens with one attached hydrogen (secondary N) is 1. The molecule has 90 valence electrons. The van der Waals surface area contributed by atoms with Crippen LogP contribution in [0.15, 0.2) is 24.4 Å². The van der Waals surface area contributed by atoms with Gasteiger partial charge in [-0.05, 0) is 31.6 Å².